The molecule has 0 aromatic rings. The molecule has 0 amide bonds. The van der Waals surface area contributed by atoms with E-state index in [2.05, 4.69) is 6.92 Å². The third kappa shape index (κ3) is 16.4. The molecule has 0 aliphatic heterocycles. The number of carbonyl (C=O) groups excluding carboxylic acids is 2. The fourth-order valence-electron chi connectivity index (χ4n) is 3.04. The second-order valence-electron chi connectivity index (χ2n) is 7.27. The van der Waals surface area contributed by atoms with Gasteiger partial charge in [-0.2, -0.15) is 0 Å². The second kappa shape index (κ2) is 18.7. The Kier molecular flexibility index (Phi) is 18.0. The first-order valence-electron chi connectivity index (χ1n) is 10.9. The highest BCUT2D eigenvalue weighted by Crippen LogP contribution is 2.20. The van der Waals surface area contributed by atoms with Crippen molar-refractivity contribution in [3.63, 3.8) is 0 Å². The van der Waals surface area contributed by atoms with E-state index in [-0.39, 0.29) is 11.9 Å². The first-order chi connectivity index (χ1) is 12.6. The second-order valence-corrected chi connectivity index (χ2v) is 7.27. The Morgan fingerprint density at radius 2 is 1.15 bits per heavy atom. The van der Waals surface area contributed by atoms with Crippen LogP contribution in [0.3, 0.4) is 0 Å². The van der Waals surface area contributed by atoms with Crippen molar-refractivity contribution in [1.29, 1.82) is 0 Å². The lowest BCUT2D eigenvalue weighted by Crippen LogP contribution is -2.08. The number of carbonyl (C=O) groups is 2. The van der Waals surface area contributed by atoms with Gasteiger partial charge in [0.15, 0.2) is 0 Å². The van der Waals surface area contributed by atoms with E-state index in [1.807, 2.05) is 13.8 Å². The van der Waals surface area contributed by atoms with E-state index in [9.17, 15) is 9.59 Å². The van der Waals surface area contributed by atoms with Crippen LogP contribution < -0.4 is 0 Å². The highest BCUT2D eigenvalue weighted by Gasteiger charge is 2.10. The smallest absolute Gasteiger partial charge is 0.305 e. The molecule has 0 N–H and O–H groups in total. The summed E-state index contributed by atoms with van der Waals surface area (Å²) in [6.07, 6.45) is 14.6. The van der Waals surface area contributed by atoms with Gasteiger partial charge in [-0.25, -0.2) is 0 Å². The van der Waals surface area contributed by atoms with E-state index in [0.29, 0.717) is 32.0 Å². The molecule has 0 radical (unpaired) electrons. The molecule has 154 valence electrons. The quantitative estimate of drug-likeness (QED) is 0.212. The van der Waals surface area contributed by atoms with E-state index in [4.69, 9.17) is 9.47 Å². The molecule has 0 aliphatic carbocycles. The zero-order chi connectivity index (χ0) is 19.5. The Hall–Kier alpha value is -1.06. The molecule has 1 unspecified atom stereocenters. The van der Waals surface area contributed by atoms with Crippen molar-refractivity contribution in [2.75, 3.05) is 13.2 Å². The van der Waals surface area contributed by atoms with E-state index in [1.165, 1.54) is 38.5 Å². The molecule has 0 aliphatic rings. The SMILES string of the molecule is CCCOC(=O)CCCCCCCCCC(CC)CCC(=O)OCCC. The summed E-state index contributed by atoms with van der Waals surface area (Å²) in [6.45, 7) is 7.35. The van der Waals surface area contributed by atoms with Gasteiger partial charge in [-0.3, -0.25) is 9.59 Å². The molecular formula is C22H42O4. The predicted molar refractivity (Wildman–Crippen MR) is 107 cm³/mol. The van der Waals surface area contributed by atoms with Gasteiger partial charge in [0.1, 0.15) is 0 Å². The Labute approximate surface area is 161 Å². The minimum absolute atomic E-state index is 0.0381. The molecule has 4 nitrogen and oxygen atoms in total. The van der Waals surface area contributed by atoms with Crippen LogP contribution in [-0.4, -0.2) is 25.2 Å². The summed E-state index contributed by atoms with van der Waals surface area (Å²) in [5.74, 6) is 0.568. The van der Waals surface area contributed by atoms with Crippen LogP contribution in [0.1, 0.15) is 111 Å². The Morgan fingerprint density at radius 1 is 0.654 bits per heavy atom. The highest BCUT2D eigenvalue weighted by molar-refractivity contribution is 5.69. The molecule has 0 saturated heterocycles. The highest BCUT2D eigenvalue weighted by atomic mass is 16.5. The molecule has 0 rings (SSSR count). The molecule has 0 aromatic carbocycles. The summed E-state index contributed by atoms with van der Waals surface area (Å²) in [4.78, 5) is 22.9. The summed E-state index contributed by atoms with van der Waals surface area (Å²) in [5, 5.41) is 0. The zero-order valence-corrected chi connectivity index (χ0v) is 17.5. The van der Waals surface area contributed by atoms with Crippen LogP contribution in [0, 0.1) is 5.92 Å². The van der Waals surface area contributed by atoms with Gasteiger partial charge in [-0.1, -0.05) is 72.1 Å². The van der Waals surface area contributed by atoms with Crippen LogP contribution >= 0.6 is 0 Å². The molecule has 1 atom stereocenters. The Bertz CT molecular complexity index is 341. The zero-order valence-electron chi connectivity index (χ0n) is 17.5. The maximum Gasteiger partial charge on any atom is 0.305 e. The van der Waals surface area contributed by atoms with Crippen molar-refractivity contribution < 1.29 is 19.1 Å². The maximum atomic E-state index is 11.6. The summed E-state index contributed by atoms with van der Waals surface area (Å²) in [6, 6.07) is 0. The molecular weight excluding hydrogens is 328 g/mol. The average Bonchev–Trinajstić information content (AvgIpc) is 2.65. The van der Waals surface area contributed by atoms with Crippen LogP contribution in [0.4, 0.5) is 0 Å². The normalized spacial score (nSPS) is 12.0. The predicted octanol–water partition coefficient (Wildman–Crippen LogP) is 6.21. The minimum atomic E-state index is -0.0453. The van der Waals surface area contributed by atoms with Crippen molar-refractivity contribution >= 4 is 11.9 Å². The monoisotopic (exact) mass is 370 g/mol. The molecule has 0 heterocycles. The molecule has 0 fully saturated rings. The van der Waals surface area contributed by atoms with Crippen molar-refractivity contribution in [3.05, 3.63) is 0 Å². The Balaban J connectivity index is 3.46. The van der Waals surface area contributed by atoms with E-state index < -0.39 is 0 Å². The summed E-state index contributed by atoms with van der Waals surface area (Å²) < 4.78 is 10.2. The van der Waals surface area contributed by atoms with Crippen LogP contribution in [0.25, 0.3) is 0 Å². The van der Waals surface area contributed by atoms with E-state index >= 15 is 0 Å². The number of hydrogen-bond acceptors (Lipinski definition) is 4. The van der Waals surface area contributed by atoms with Gasteiger partial charge in [0, 0.05) is 12.8 Å². The number of ether oxygens (including phenoxy) is 2. The molecule has 26 heavy (non-hydrogen) atoms. The van der Waals surface area contributed by atoms with Crippen LogP contribution in [0.15, 0.2) is 0 Å². The fraction of sp³-hybridized carbons (Fsp3) is 0.909. The van der Waals surface area contributed by atoms with Crippen molar-refractivity contribution in [1.82, 2.24) is 0 Å². The van der Waals surface area contributed by atoms with Gasteiger partial charge in [-0.15, -0.1) is 0 Å². The van der Waals surface area contributed by atoms with Gasteiger partial charge in [0.25, 0.3) is 0 Å². The van der Waals surface area contributed by atoms with Crippen molar-refractivity contribution in [3.8, 4) is 0 Å². The summed E-state index contributed by atoms with van der Waals surface area (Å²) in [7, 11) is 0. The van der Waals surface area contributed by atoms with E-state index in [0.717, 1.165) is 38.5 Å². The first-order valence-corrected chi connectivity index (χ1v) is 10.9. The molecule has 0 aromatic heterocycles. The lowest BCUT2D eigenvalue weighted by Gasteiger charge is -2.14. The Morgan fingerprint density at radius 3 is 1.69 bits per heavy atom. The maximum absolute atomic E-state index is 11.6. The largest absolute Gasteiger partial charge is 0.466 e. The molecule has 4 heteroatoms. The van der Waals surface area contributed by atoms with Crippen LogP contribution in [0.2, 0.25) is 0 Å². The van der Waals surface area contributed by atoms with Crippen molar-refractivity contribution in [2.45, 2.75) is 111 Å². The summed E-state index contributed by atoms with van der Waals surface area (Å²) >= 11 is 0. The fourth-order valence-corrected chi connectivity index (χ4v) is 3.04. The lowest BCUT2D eigenvalue weighted by atomic mass is 9.93. The van der Waals surface area contributed by atoms with Gasteiger partial charge < -0.3 is 9.47 Å². The topological polar surface area (TPSA) is 52.6 Å². The summed E-state index contributed by atoms with van der Waals surface area (Å²) in [5.41, 5.74) is 0. The number of rotatable bonds is 18. The standard InChI is InChI=1S/C22H42O4/c1-4-18-25-21(23)15-13-11-9-7-8-10-12-14-20(6-3)16-17-22(24)26-19-5-2/h20H,4-19H2,1-3H3. The molecule has 0 saturated carbocycles. The molecule has 0 spiro atoms. The van der Waals surface area contributed by atoms with Gasteiger partial charge >= 0.3 is 11.9 Å². The average molecular weight is 371 g/mol. The van der Waals surface area contributed by atoms with Gasteiger partial charge in [0.05, 0.1) is 13.2 Å². The van der Waals surface area contributed by atoms with E-state index in [1.54, 1.807) is 0 Å². The van der Waals surface area contributed by atoms with Gasteiger partial charge in [0.2, 0.25) is 0 Å². The van der Waals surface area contributed by atoms with Crippen molar-refractivity contribution in [2.24, 2.45) is 5.92 Å². The number of unbranched alkanes of at least 4 members (excludes halogenated alkanes) is 6. The first kappa shape index (κ1) is 24.9. The number of esters is 2. The van der Waals surface area contributed by atoms with Gasteiger partial charge in [-0.05, 0) is 31.6 Å². The number of hydrogen-bond donors (Lipinski definition) is 0. The lowest BCUT2D eigenvalue weighted by molar-refractivity contribution is -0.144. The van der Waals surface area contributed by atoms with Crippen LogP contribution in [-0.2, 0) is 19.1 Å². The third-order valence-electron chi connectivity index (χ3n) is 4.76. The molecule has 0 bridgehead atoms. The van der Waals surface area contributed by atoms with Crippen LogP contribution in [0.5, 0.6) is 0 Å². The minimum Gasteiger partial charge on any atom is -0.466 e. The third-order valence-corrected chi connectivity index (χ3v) is 4.76.